The highest BCUT2D eigenvalue weighted by Crippen LogP contribution is 2.40. The minimum absolute atomic E-state index is 0.0858. The summed E-state index contributed by atoms with van der Waals surface area (Å²) in [6.07, 6.45) is 0. The van der Waals surface area contributed by atoms with E-state index < -0.39 is 44.3 Å². The van der Waals surface area contributed by atoms with Gasteiger partial charge in [0.2, 0.25) is 10.0 Å². The number of hydrogen-bond acceptors (Lipinski definition) is 7. The number of nitrogens with one attached hydrogen (secondary N) is 1. The van der Waals surface area contributed by atoms with Crippen molar-refractivity contribution in [3.05, 3.63) is 51.2 Å². The van der Waals surface area contributed by atoms with Gasteiger partial charge in [-0.15, -0.1) is 0 Å². The number of nitro benzene ring substituents is 1. The summed E-state index contributed by atoms with van der Waals surface area (Å²) in [6, 6.07) is 5.29. The number of sulfonamides is 1. The number of allylic oxidation sites excluding steroid dienone is 2. The van der Waals surface area contributed by atoms with E-state index in [9.17, 15) is 33.2 Å². The Morgan fingerprint density at radius 2 is 1.96 bits per heavy atom. The Morgan fingerprint density at radius 1 is 1.32 bits per heavy atom. The average molecular weight is 409 g/mol. The minimum atomic E-state index is -3.91. The van der Waals surface area contributed by atoms with E-state index in [0.29, 0.717) is 0 Å². The van der Waals surface area contributed by atoms with E-state index in [1.54, 1.807) is 0 Å². The second kappa shape index (κ2) is 7.98. The normalized spacial score (nSPS) is 19.9. The number of hydrogen-bond donors (Lipinski definition) is 2. The first-order chi connectivity index (χ1) is 13.0. The number of carbonyl (C=O) groups excluding carboxylic acids is 1. The van der Waals surface area contributed by atoms with Gasteiger partial charge >= 0.3 is 5.97 Å². The third kappa shape index (κ3) is 4.31. The molecule has 0 bridgehead atoms. The predicted molar refractivity (Wildman–Crippen MR) is 101 cm³/mol. The van der Waals surface area contributed by atoms with Gasteiger partial charge in [-0.3, -0.25) is 24.7 Å². The van der Waals surface area contributed by atoms with Gasteiger partial charge in [0, 0.05) is 35.0 Å². The molecule has 1 aliphatic rings. The van der Waals surface area contributed by atoms with Crippen LogP contribution in [0.5, 0.6) is 0 Å². The summed E-state index contributed by atoms with van der Waals surface area (Å²) >= 11 is 0. The van der Waals surface area contributed by atoms with Gasteiger partial charge in [0.05, 0.1) is 4.92 Å². The zero-order valence-electron chi connectivity index (χ0n) is 15.4. The molecule has 2 N–H and O–H groups in total. The monoisotopic (exact) mass is 409 g/mol. The molecule has 11 heteroatoms. The fourth-order valence-electron chi connectivity index (χ4n) is 3.24. The average Bonchev–Trinajstić information content (AvgIpc) is 2.60. The number of ketones is 1. The molecule has 150 valence electrons. The molecule has 1 aromatic carbocycles. The quantitative estimate of drug-likeness (QED) is 0.507. The highest BCUT2D eigenvalue weighted by molar-refractivity contribution is 7.90. The fraction of sp³-hybridized carbons (Fsp3) is 0.353. The molecular weight excluding hydrogens is 390 g/mol. The van der Waals surface area contributed by atoms with Crippen molar-refractivity contribution in [3.8, 4) is 0 Å². The molecular formula is C17H19N3O7S. The highest BCUT2D eigenvalue weighted by Gasteiger charge is 2.41. The number of rotatable bonds is 7. The number of nitro groups is 1. The Balaban J connectivity index is 2.69. The van der Waals surface area contributed by atoms with E-state index in [1.807, 2.05) is 4.72 Å². The molecule has 0 fully saturated rings. The zero-order chi connectivity index (χ0) is 21.2. The van der Waals surface area contributed by atoms with Crippen LogP contribution >= 0.6 is 0 Å². The lowest BCUT2D eigenvalue weighted by Gasteiger charge is -2.30. The maximum absolute atomic E-state index is 12.8. The summed E-state index contributed by atoms with van der Waals surface area (Å²) in [5.74, 6) is -5.34. The summed E-state index contributed by atoms with van der Waals surface area (Å²) in [6.45, 7) is 2.96. The second-order valence-corrected chi connectivity index (χ2v) is 8.21. The SMILES string of the molecule is CNS(=O)(=O)CC(=O)C1=C(C)N=C(C)C(C(=O)O)C1c1cccc([N+](=O)[O-])c1. The Kier molecular flexibility index (Phi) is 6.10. The van der Waals surface area contributed by atoms with Crippen LogP contribution in [0.2, 0.25) is 0 Å². The first-order valence-corrected chi connectivity index (χ1v) is 9.81. The number of carbonyl (C=O) groups is 2. The van der Waals surface area contributed by atoms with Crippen LogP contribution in [-0.2, 0) is 19.6 Å². The van der Waals surface area contributed by atoms with Gasteiger partial charge in [0.15, 0.2) is 5.78 Å². The van der Waals surface area contributed by atoms with E-state index in [1.165, 1.54) is 38.1 Å². The van der Waals surface area contributed by atoms with Crippen LogP contribution in [0.25, 0.3) is 0 Å². The van der Waals surface area contributed by atoms with Crippen molar-refractivity contribution in [2.75, 3.05) is 12.8 Å². The van der Waals surface area contributed by atoms with Gasteiger partial charge in [-0.25, -0.2) is 13.1 Å². The molecule has 28 heavy (non-hydrogen) atoms. The largest absolute Gasteiger partial charge is 0.481 e. The molecule has 0 amide bonds. The standard InChI is InChI=1S/C17H19N3O7S/c1-9-14(13(21)8-28(26,27)18-3)16(15(17(22)23)10(2)19-9)11-5-4-6-12(7-11)20(24)25/h4-7,15-16,18H,8H2,1-3H3,(H,22,23). The van der Waals surface area contributed by atoms with E-state index in [-0.39, 0.29) is 28.2 Å². The van der Waals surface area contributed by atoms with Crippen molar-refractivity contribution in [3.63, 3.8) is 0 Å². The molecule has 0 aliphatic carbocycles. The molecule has 0 spiro atoms. The van der Waals surface area contributed by atoms with E-state index in [2.05, 4.69) is 4.99 Å². The number of benzene rings is 1. The van der Waals surface area contributed by atoms with E-state index >= 15 is 0 Å². The molecule has 2 unspecified atom stereocenters. The maximum Gasteiger partial charge on any atom is 0.313 e. The second-order valence-electron chi connectivity index (χ2n) is 6.28. The Morgan fingerprint density at radius 3 is 2.50 bits per heavy atom. The summed E-state index contributed by atoms with van der Waals surface area (Å²) in [7, 11) is -2.75. The first-order valence-electron chi connectivity index (χ1n) is 8.16. The molecule has 0 saturated carbocycles. The van der Waals surface area contributed by atoms with Crippen molar-refractivity contribution < 1.29 is 28.0 Å². The third-order valence-corrected chi connectivity index (χ3v) is 5.73. The predicted octanol–water partition coefficient (Wildman–Crippen LogP) is 1.25. The van der Waals surface area contributed by atoms with Crippen LogP contribution in [0.1, 0.15) is 25.3 Å². The third-order valence-electron chi connectivity index (χ3n) is 4.47. The lowest BCUT2D eigenvalue weighted by Crippen LogP contribution is -2.37. The van der Waals surface area contributed by atoms with Crippen molar-refractivity contribution in [2.24, 2.45) is 10.9 Å². The summed E-state index contributed by atoms with van der Waals surface area (Å²) in [5, 5.41) is 20.8. The van der Waals surface area contributed by atoms with Crippen LogP contribution in [0, 0.1) is 16.0 Å². The van der Waals surface area contributed by atoms with Crippen molar-refractivity contribution >= 4 is 33.2 Å². The first kappa shape index (κ1) is 21.4. The Hall–Kier alpha value is -2.92. The molecule has 2 rings (SSSR count). The Labute approximate surface area is 161 Å². The number of Topliss-reactive ketones (excluding diaryl/α,β-unsaturated/α-hetero) is 1. The summed E-state index contributed by atoms with van der Waals surface area (Å²) < 4.78 is 25.7. The van der Waals surface area contributed by atoms with E-state index in [0.717, 1.165) is 7.05 Å². The number of carboxylic acids is 1. The van der Waals surface area contributed by atoms with Gasteiger partial charge in [-0.05, 0) is 26.5 Å². The lowest BCUT2D eigenvalue weighted by molar-refractivity contribution is -0.384. The van der Waals surface area contributed by atoms with Crippen LogP contribution in [0.4, 0.5) is 5.69 Å². The number of non-ortho nitro benzene ring substituents is 1. The van der Waals surface area contributed by atoms with Crippen molar-refractivity contribution in [2.45, 2.75) is 19.8 Å². The molecule has 0 saturated heterocycles. The van der Waals surface area contributed by atoms with Crippen molar-refractivity contribution in [1.29, 1.82) is 0 Å². The molecule has 1 aromatic rings. The number of nitrogens with zero attached hydrogens (tertiary/aromatic N) is 2. The molecule has 0 radical (unpaired) electrons. The van der Waals surface area contributed by atoms with Crippen LogP contribution in [-0.4, -0.2) is 48.7 Å². The van der Waals surface area contributed by atoms with Gasteiger partial charge in [-0.2, -0.15) is 0 Å². The van der Waals surface area contributed by atoms with Crippen LogP contribution in [0.15, 0.2) is 40.5 Å². The summed E-state index contributed by atoms with van der Waals surface area (Å²) in [4.78, 5) is 39.3. The topological polar surface area (TPSA) is 156 Å². The smallest absolute Gasteiger partial charge is 0.313 e. The molecule has 0 aromatic heterocycles. The van der Waals surface area contributed by atoms with Crippen LogP contribution in [0.3, 0.4) is 0 Å². The number of aliphatic imine (C=N–C) groups is 1. The van der Waals surface area contributed by atoms with Gasteiger partial charge in [-0.1, -0.05) is 12.1 Å². The molecule has 1 heterocycles. The molecule has 2 atom stereocenters. The number of aliphatic carboxylic acids is 1. The van der Waals surface area contributed by atoms with Gasteiger partial charge in [0.1, 0.15) is 11.7 Å². The molecule has 10 nitrogen and oxygen atoms in total. The van der Waals surface area contributed by atoms with E-state index in [4.69, 9.17) is 0 Å². The highest BCUT2D eigenvalue weighted by atomic mass is 32.2. The van der Waals surface area contributed by atoms with Crippen LogP contribution < -0.4 is 4.72 Å². The van der Waals surface area contributed by atoms with Crippen molar-refractivity contribution in [1.82, 2.24) is 4.72 Å². The van der Waals surface area contributed by atoms with Gasteiger partial charge < -0.3 is 5.11 Å². The zero-order valence-corrected chi connectivity index (χ0v) is 16.2. The maximum atomic E-state index is 12.8. The minimum Gasteiger partial charge on any atom is -0.481 e. The molecule has 1 aliphatic heterocycles. The lowest BCUT2D eigenvalue weighted by atomic mass is 9.74. The Bertz CT molecular complexity index is 1010. The number of carboxylic acid groups (broad SMARTS) is 1. The summed E-state index contributed by atoms with van der Waals surface area (Å²) in [5.41, 5.74) is 0.268. The van der Waals surface area contributed by atoms with Gasteiger partial charge in [0.25, 0.3) is 5.69 Å². The fourth-order valence-corrected chi connectivity index (χ4v) is 3.88.